The van der Waals surface area contributed by atoms with E-state index >= 15 is 0 Å². The highest BCUT2D eigenvalue weighted by atomic mass is 32.1. The van der Waals surface area contributed by atoms with E-state index in [9.17, 15) is 4.79 Å². The van der Waals surface area contributed by atoms with Crippen molar-refractivity contribution in [2.75, 3.05) is 12.4 Å². The van der Waals surface area contributed by atoms with Gasteiger partial charge in [0.05, 0.1) is 34.8 Å². The minimum absolute atomic E-state index is 0.133. The molecule has 7 heteroatoms. The van der Waals surface area contributed by atoms with E-state index in [1.54, 1.807) is 24.6 Å². The smallest absolute Gasteiger partial charge is 0.256 e. The van der Waals surface area contributed by atoms with Gasteiger partial charge < -0.3 is 10.1 Å². The summed E-state index contributed by atoms with van der Waals surface area (Å²) < 4.78 is 7.35. The van der Waals surface area contributed by atoms with Crippen molar-refractivity contribution < 1.29 is 9.53 Å². The number of ether oxygens (including phenoxy) is 1. The number of carbonyl (C=O) groups is 1. The third-order valence-electron chi connectivity index (χ3n) is 5.13. The summed E-state index contributed by atoms with van der Waals surface area (Å²) in [5.41, 5.74) is 4.67. The van der Waals surface area contributed by atoms with Crippen LogP contribution in [0.5, 0.6) is 5.75 Å². The Kier molecular flexibility index (Phi) is 5.30. The van der Waals surface area contributed by atoms with Crippen LogP contribution in [0.4, 0.5) is 5.69 Å². The van der Waals surface area contributed by atoms with Crippen LogP contribution >= 0.6 is 11.3 Å². The van der Waals surface area contributed by atoms with Gasteiger partial charge in [0.15, 0.2) is 5.65 Å². The molecule has 1 N–H and O–H groups in total. The second-order valence-electron chi connectivity index (χ2n) is 7.49. The second kappa shape index (κ2) is 7.91. The Morgan fingerprint density at radius 2 is 2.03 bits per heavy atom. The van der Waals surface area contributed by atoms with Crippen molar-refractivity contribution in [1.29, 1.82) is 0 Å². The highest BCUT2D eigenvalue weighted by Gasteiger charge is 2.20. The van der Waals surface area contributed by atoms with Crippen LogP contribution in [0.2, 0.25) is 0 Å². The van der Waals surface area contributed by atoms with Gasteiger partial charge in [-0.25, -0.2) is 9.67 Å². The van der Waals surface area contributed by atoms with Crippen LogP contribution in [-0.2, 0) is 0 Å². The summed E-state index contributed by atoms with van der Waals surface area (Å²) in [5, 5.41) is 10.3. The van der Waals surface area contributed by atoms with E-state index in [0.29, 0.717) is 11.2 Å². The number of rotatable bonds is 5. The molecule has 3 heterocycles. The normalized spacial score (nSPS) is 11.3. The molecule has 0 aliphatic rings. The Morgan fingerprint density at radius 1 is 1.23 bits per heavy atom. The quantitative estimate of drug-likeness (QED) is 0.455. The fraction of sp³-hybridized carbons (Fsp3) is 0.261. The van der Waals surface area contributed by atoms with Crippen molar-refractivity contribution >= 4 is 34.0 Å². The molecule has 154 valence electrons. The number of carbonyl (C=O) groups excluding carboxylic acids is 1. The Hall–Kier alpha value is -3.19. The van der Waals surface area contributed by atoms with Crippen molar-refractivity contribution in [2.24, 2.45) is 0 Å². The first-order valence-electron chi connectivity index (χ1n) is 9.78. The minimum Gasteiger partial charge on any atom is -0.496 e. The number of nitrogens with zero attached hydrogens (tertiary/aromatic N) is 3. The maximum absolute atomic E-state index is 13.4. The van der Waals surface area contributed by atoms with Gasteiger partial charge in [-0.2, -0.15) is 5.10 Å². The zero-order chi connectivity index (χ0) is 21.4. The number of thiophene rings is 1. The topological polar surface area (TPSA) is 69.0 Å². The predicted octanol–water partition coefficient (Wildman–Crippen LogP) is 5.62. The van der Waals surface area contributed by atoms with Crippen LogP contribution in [0.3, 0.4) is 0 Å². The molecule has 0 aliphatic heterocycles. The molecule has 3 aromatic heterocycles. The molecule has 4 rings (SSSR count). The molecule has 4 aromatic rings. The fourth-order valence-electron chi connectivity index (χ4n) is 3.60. The standard InChI is InChI=1S/C23H24N4O2S/c1-13(2)27-22-17(12-24-27)16(11-19(25-22)20-7-6-10-30-20)23(28)26-18-9-8-14(3)21(29-5)15(18)4/h6-13H,1-5H3,(H,26,28). The molecule has 30 heavy (non-hydrogen) atoms. The first-order valence-corrected chi connectivity index (χ1v) is 10.7. The van der Waals surface area contributed by atoms with Gasteiger partial charge in [0, 0.05) is 17.3 Å². The van der Waals surface area contributed by atoms with Crippen LogP contribution in [0, 0.1) is 13.8 Å². The molecule has 0 bridgehead atoms. The summed E-state index contributed by atoms with van der Waals surface area (Å²) in [4.78, 5) is 19.2. The summed E-state index contributed by atoms with van der Waals surface area (Å²) >= 11 is 1.59. The van der Waals surface area contributed by atoms with Gasteiger partial charge in [-0.3, -0.25) is 4.79 Å². The largest absolute Gasteiger partial charge is 0.496 e. The monoisotopic (exact) mass is 420 g/mol. The average Bonchev–Trinajstić information content (AvgIpc) is 3.39. The van der Waals surface area contributed by atoms with Crippen LogP contribution in [0.25, 0.3) is 21.6 Å². The molecule has 0 radical (unpaired) electrons. The zero-order valence-corrected chi connectivity index (χ0v) is 18.5. The van der Waals surface area contributed by atoms with Crippen molar-refractivity contribution in [1.82, 2.24) is 14.8 Å². The van der Waals surface area contributed by atoms with Crippen molar-refractivity contribution in [2.45, 2.75) is 33.7 Å². The van der Waals surface area contributed by atoms with E-state index in [1.165, 1.54) is 0 Å². The number of nitrogens with one attached hydrogen (secondary N) is 1. The third-order valence-corrected chi connectivity index (χ3v) is 6.02. The number of methoxy groups -OCH3 is 1. The molecule has 0 unspecified atom stereocenters. The maximum Gasteiger partial charge on any atom is 0.256 e. The summed E-state index contributed by atoms with van der Waals surface area (Å²) in [6.45, 7) is 8.02. The summed E-state index contributed by atoms with van der Waals surface area (Å²) in [6.07, 6.45) is 1.72. The third kappa shape index (κ3) is 3.45. The maximum atomic E-state index is 13.4. The predicted molar refractivity (Wildman–Crippen MR) is 122 cm³/mol. The van der Waals surface area contributed by atoms with Crippen molar-refractivity contribution in [3.8, 4) is 16.3 Å². The van der Waals surface area contributed by atoms with Gasteiger partial charge >= 0.3 is 0 Å². The Balaban J connectivity index is 1.83. The van der Waals surface area contributed by atoms with Crippen LogP contribution in [0.15, 0.2) is 41.9 Å². The molecular formula is C23H24N4O2S. The fourth-order valence-corrected chi connectivity index (χ4v) is 4.29. The molecule has 0 aliphatic carbocycles. The lowest BCUT2D eigenvalue weighted by Gasteiger charge is -2.15. The highest BCUT2D eigenvalue weighted by Crippen LogP contribution is 2.32. The van der Waals surface area contributed by atoms with E-state index in [0.717, 1.165) is 38.5 Å². The van der Waals surface area contributed by atoms with Gasteiger partial charge in [-0.05, 0) is 56.8 Å². The minimum atomic E-state index is -0.197. The van der Waals surface area contributed by atoms with E-state index in [4.69, 9.17) is 9.72 Å². The van der Waals surface area contributed by atoms with Crippen LogP contribution < -0.4 is 10.1 Å². The van der Waals surface area contributed by atoms with Crippen molar-refractivity contribution in [3.05, 3.63) is 58.6 Å². The first-order chi connectivity index (χ1) is 14.4. The molecule has 0 spiro atoms. The Morgan fingerprint density at radius 3 is 2.70 bits per heavy atom. The van der Waals surface area contributed by atoms with E-state index in [1.807, 2.05) is 68.1 Å². The van der Waals surface area contributed by atoms with E-state index in [-0.39, 0.29) is 11.9 Å². The summed E-state index contributed by atoms with van der Waals surface area (Å²) in [7, 11) is 1.64. The van der Waals surface area contributed by atoms with Gasteiger partial charge in [0.2, 0.25) is 0 Å². The zero-order valence-electron chi connectivity index (χ0n) is 17.7. The number of hydrogen-bond donors (Lipinski definition) is 1. The number of pyridine rings is 1. The molecule has 6 nitrogen and oxygen atoms in total. The van der Waals surface area contributed by atoms with Gasteiger partial charge in [-0.15, -0.1) is 11.3 Å². The molecule has 0 saturated carbocycles. The number of fused-ring (bicyclic) bond motifs is 1. The molecular weight excluding hydrogens is 396 g/mol. The highest BCUT2D eigenvalue weighted by molar-refractivity contribution is 7.13. The lowest BCUT2D eigenvalue weighted by molar-refractivity contribution is 0.102. The number of anilines is 1. The lowest BCUT2D eigenvalue weighted by Crippen LogP contribution is -2.14. The van der Waals surface area contributed by atoms with Crippen molar-refractivity contribution in [3.63, 3.8) is 0 Å². The SMILES string of the molecule is COc1c(C)ccc(NC(=O)c2cc(-c3cccs3)nc3c2cnn3C(C)C)c1C. The molecule has 0 atom stereocenters. The molecule has 1 aromatic carbocycles. The first kappa shape index (κ1) is 20.1. The molecule has 0 saturated heterocycles. The summed E-state index contributed by atoms with van der Waals surface area (Å²) in [6, 6.07) is 9.81. The second-order valence-corrected chi connectivity index (χ2v) is 8.44. The van der Waals surface area contributed by atoms with E-state index in [2.05, 4.69) is 10.4 Å². The van der Waals surface area contributed by atoms with Gasteiger partial charge in [0.25, 0.3) is 5.91 Å². The number of aryl methyl sites for hydroxylation is 1. The van der Waals surface area contributed by atoms with E-state index < -0.39 is 0 Å². The van der Waals surface area contributed by atoms with Gasteiger partial charge in [-0.1, -0.05) is 12.1 Å². The molecule has 1 amide bonds. The number of benzene rings is 1. The molecule has 0 fully saturated rings. The number of hydrogen-bond acceptors (Lipinski definition) is 5. The Bertz CT molecular complexity index is 1230. The van der Waals surface area contributed by atoms with Crippen LogP contribution in [-0.4, -0.2) is 27.8 Å². The number of aromatic nitrogens is 3. The van der Waals surface area contributed by atoms with Gasteiger partial charge in [0.1, 0.15) is 5.75 Å². The Labute approximate surface area is 179 Å². The average molecular weight is 421 g/mol. The summed E-state index contributed by atoms with van der Waals surface area (Å²) in [5.74, 6) is 0.581. The lowest BCUT2D eigenvalue weighted by atomic mass is 10.1. The van der Waals surface area contributed by atoms with Crippen LogP contribution in [0.1, 0.15) is 41.4 Å². The number of amides is 1.